The molecule has 0 spiro atoms. The molecule has 0 aliphatic rings. The van der Waals surface area contributed by atoms with E-state index in [1.54, 1.807) is 0 Å². The van der Waals surface area contributed by atoms with Crippen LogP contribution in [0.25, 0.3) is 0 Å². The summed E-state index contributed by atoms with van der Waals surface area (Å²) in [7, 11) is 0. The Bertz CT molecular complexity index is 450. The molecule has 0 amide bonds. The van der Waals surface area contributed by atoms with Gasteiger partial charge in [0.2, 0.25) is 0 Å². The van der Waals surface area contributed by atoms with Crippen LogP contribution in [0.4, 0.5) is 0 Å². The van der Waals surface area contributed by atoms with Gasteiger partial charge in [0.05, 0.1) is 5.54 Å². The van der Waals surface area contributed by atoms with Crippen LogP contribution in [0, 0.1) is 0 Å². The minimum Gasteiger partial charge on any atom is -0.453 e. The first-order valence-electron chi connectivity index (χ1n) is 6.28. The van der Waals surface area contributed by atoms with E-state index in [-0.39, 0.29) is 0 Å². The molecule has 0 aliphatic heterocycles. The number of nitrogens with two attached hydrogens (primary N) is 1. The lowest BCUT2D eigenvalue weighted by molar-refractivity contribution is -0.0427. The zero-order chi connectivity index (χ0) is 13.7. The molecule has 19 heavy (non-hydrogen) atoms. The van der Waals surface area contributed by atoms with Crippen LogP contribution < -0.4 is 15.2 Å². The number of para-hydroxylation sites is 2. The summed E-state index contributed by atoms with van der Waals surface area (Å²) >= 11 is 0. The topological polar surface area (TPSA) is 44.5 Å². The van der Waals surface area contributed by atoms with Gasteiger partial charge in [0, 0.05) is 0 Å². The molecule has 0 heterocycles. The highest BCUT2D eigenvalue weighted by Gasteiger charge is 2.29. The molecule has 0 saturated carbocycles. The van der Waals surface area contributed by atoms with Gasteiger partial charge in [-0.05, 0) is 38.1 Å². The Hall–Kier alpha value is -2.00. The van der Waals surface area contributed by atoms with Crippen molar-refractivity contribution in [3.8, 4) is 11.5 Å². The van der Waals surface area contributed by atoms with E-state index in [0.29, 0.717) is 0 Å². The van der Waals surface area contributed by atoms with E-state index in [0.717, 1.165) is 11.5 Å². The molecule has 0 radical (unpaired) electrons. The van der Waals surface area contributed by atoms with Crippen LogP contribution in [-0.2, 0) is 0 Å². The molecule has 2 N–H and O–H groups in total. The molecule has 0 aromatic heterocycles. The van der Waals surface area contributed by atoms with E-state index in [9.17, 15) is 0 Å². The highest BCUT2D eigenvalue weighted by Crippen LogP contribution is 2.20. The van der Waals surface area contributed by atoms with Gasteiger partial charge in [0.1, 0.15) is 11.5 Å². The summed E-state index contributed by atoms with van der Waals surface area (Å²) in [4.78, 5) is 0. The minimum atomic E-state index is -0.619. The molecule has 2 rings (SSSR count). The maximum Gasteiger partial charge on any atom is 0.258 e. The van der Waals surface area contributed by atoms with Crippen LogP contribution in [0.2, 0.25) is 0 Å². The Morgan fingerprint density at radius 1 is 0.789 bits per heavy atom. The Balaban J connectivity index is 2.13. The van der Waals surface area contributed by atoms with Gasteiger partial charge >= 0.3 is 0 Å². The van der Waals surface area contributed by atoms with Crippen LogP contribution in [0.1, 0.15) is 13.8 Å². The Morgan fingerprint density at radius 2 is 1.16 bits per heavy atom. The van der Waals surface area contributed by atoms with Crippen molar-refractivity contribution >= 4 is 0 Å². The second-order valence-electron chi connectivity index (χ2n) is 5.02. The van der Waals surface area contributed by atoms with Crippen LogP contribution in [0.15, 0.2) is 60.7 Å². The number of ether oxygens (including phenoxy) is 2. The molecule has 0 fully saturated rings. The minimum absolute atomic E-state index is 0.558. The largest absolute Gasteiger partial charge is 0.453 e. The third-order valence-corrected chi connectivity index (χ3v) is 2.58. The summed E-state index contributed by atoms with van der Waals surface area (Å²) in [5.41, 5.74) is 5.51. The second-order valence-corrected chi connectivity index (χ2v) is 5.02. The zero-order valence-corrected chi connectivity index (χ0v) is 11.2. The first-order valence-corrected chi connectivity index (χ1v) is 6.28. The first kappa shape index (κ1) is 13.4. The van der Waals surface area contributed by atoms with Crippen molar-refractivity contribution in [2.75, 3.05) is 0 Å². The number of hydrogen-bond acceptors (Lipinski definition) is 3. The first-order chi connectivity index (χ1) is 9.05. The van der Waals surface area contributed by atoms with Crippen molar-refractivity contribution in [2.24, 2.45) is 5.73 Å². The van der Waals surface area contributed by atoms with Crippen molar-refractivity contribution in [3.63, 3.8) is 0 Å². The van der Waals surface area contributed by atoms with Crippen LogP contribution in [0.5, 0.6) is 11.5 Å². The van der Waals surface area contributed by atoms with Crippen molar-refractivity contribution < 1.29 is 9.47 Å². The smallest absolute Gasteiger partial charge is 0.258 e. The molecule has 100 valence electrons. The van der Waals surface area contributed by atoms with Gasteiger partial charge in [-0.25, -0.2) is 0 Å². The van der Waals surface area contributed by atoms with Crippen LogP contribution >= 0.6 is 0 Å². The van der Waals surface area contributed by atoms with Crippen LogP contribution in [-0.4, -0.2) is 11.8 Å². The summed E-state index contributed by atoms with van der Waals surface area (Å²) in [6.45, 7) is 3.76. The van der Waals surface area contributed by atoms with Gasteiger partial charge in [-0.2, -0.15) is 0 Å². The van der Waals surface area contributed by atoms with E-state index in [2.05, 4.69) is 0 Å². The van der Waals surface area contributed by atoms with Gasteiger partial charge in [-0.1, -0.05) is 36.4 Å². The predicted octanol–water partition coefficient (Wildman–Crippen LogP) is 3.21. The second kappa shape index (κ2) is 5.76. The number of benzene rings is 2. The van der Waals surface area contributed by atoms with Crippen molar-refractivity contribution in [1.82, 2.24) is 0 Å². The fourth-order valence-corrected chi connectivity index (χ4v) is 1.57. The molecule has 0 bridgehead atoms. The fourth-order valence-electron chi connectivity index (χ4n) is 1.57. The van der Waals surface area contributed by atoms with Gasteiger partial charge in [0.15, 0.2) is 0 Å². The van der Waals surface area contributed by atoms with Crippen LogP contribution in [0.3, 0.4) is 0 Å². The fraction of sp³-hybridized carbons (Fsp3) is 0.250. The van der Waals surface area contributed by atoms with E-state index in [4.69, 9.17) is 15.2 Å². The van der Waals surface area contributed by atoms with Gasteiger partial charge in [-0.3, -0.25) is 0 Å². The normalized spacial score (nSPS) is 11.4. The molecular weight excluding hydrogens is 238 g/mol. The van der Waals surface area contributed by atoms with Crippen molar-refractivity contribution in [1.29, 1.82) is 0 Å². The molecule has 0 atom stereocenters. The van der Waals surface area contributed by atoms with Gasteiger partial charge in [0.25, 0.3) is 6.29 Å². The average molecular weight is 257 g/mol. The van der Waals surface area contributed by atoms with Gasteiger partial charge in [-0.15, -0.1) is 0 Å². The lowest BCUT2D eigenvalue weighted by Crippen LogP contribution is -2.51. The summed E-state index contributed by atoms with van der Waals surface area (Å²) in [6.07, 6.45) is -0.558. The van der Waals surface area contributed by atoms with Crippen molar-refractivity contribution in [2.45, 2.75) is 25.7 Å². The molecular formula is C16H19NO2. The van der Waals surface area contributed by atoms with Gasteiger partial charge < -0.3 is 15.2 Å². The molecule has 2 aromatic carbocycles. The van der Waals surface area contributed by atoms with Crippen molar-refractivity contribution in [3.05, 3.63) is 60.7 Å². The Labute approximate surface area is 114 Å². The molecule has 0 unspecified atom stereocenters. The Kier molecular flexibility index (Phi) is 4.07. The molecule has 2 aromatic rings. The average Bonchev–Trinajstić information content (AvgIpc) is 2.39. The summed E-state index contributed by atoms with van der Waals surface area (Å²) < 4.78 is 11.7. The SMILES string of the molecule is CC(C)(N)C(Oc1ccccc1)Oc1ccccc1. The van der Waals surface area contributed by atoms with E-state index in [1.165, 1.54) is 0 Å². The summed E-state index contributed by atoms with van der Waals surface area (Å²) in [6, 6.07) is 19.1. The molecule has 0 aliphatic carbocycles. The third kappa shape index (κ3) is 4.00. The Morgan fingerprint density at radius 3 is 1.47 bits per heavy atom. The number of rotatable bonds is 5. The maximum absolute atomic E-state index is 6.13. The zero-order valence-electron chi connectivity index (χ0n) is 11.2. The van der Waals surface area contributed by atoms with E-state index >= 15 is 0 Å². The molecule has 3 heteroatoms. The highest BCUT2D eigenvalue weighted by molar-refractivity contribution is 5.23. The predicted molar refractivity (Wildman–Crippen MR) is 76.2 cm³/mol. The summed E-state index contributed by atoms with van der Waals surface area (Å²) in [5.74, 6) is 1.48. The number of hydrogen-bond donors (Lipinski definition) is 1. The summed E-state index contributed by atoms with van der Waals surface area (Å²) in [5, 5.41) is 0. The standard InChI is InChI=1S/C16H19NO2/c1-16(2,17)15(18-13-9-5-3-6-10-13)19-14-11-7-4-8-12-14/h3-12,15H,17H2,1-2H3. The monoisotopic (exact) mass is 257 g/mol. The molecule has 3 nitrogen and oxygen atoms in total. The highest BCUT2D eigenvalue weighted by atomic mass is 16.7. The van der Waals surface area contributed by atoms with E-state index in [1.807, 2.05) is 74.5 Å². The molecule has 0 saturated heterocycles. The maximum atomic E-state index is 6.13. The lowest BCUT2D eigenvalue weighted by atomic mass is 10.1. The quantitative estimate of drug-likeness (QED) is 0.836. The third-order valence-electron chi connectivity index (χ3n) is 2.58. The lowest BCUT2D eigenvalue weighted by Gasteiger charge is -2.31. The van der Waals surface area contributed by atoms with E-state index < -0.39 is 11.8 Å².